The summed E-state index contributed by atoms with van der Waals surface area (Å²) in [4.78, 5) is 18.0. The first-order valence-electron chi connectivity index (χ1n) is 11.4. The molecule has 3 fully saturated rings. The number of alkyl halides is 3. The van der Waals surface area contributed by atoms with Gasteiger partial charge in [0.2, 0.25) is 5.91 Å². The molecule has 2 heterocycles. The van der Waals surface area contributed by atoms with Crippen molar-refractivity contribution in [2.24, 2.45) is 0 Å². The Balaban J connectivity index is 1.62. The van der Waals surface area contributed by atoms with Gasteiger partial charge >= 0.3 is 6.36 Å². The van der Waals surface area contributed by atoms with Crippen LogP contribution in [0.4, 0.5) is 13.2 Å². The second kappa shape index (κ2) is 8.98. The quantitative estimate of drug-likeness (QED) is 0.767. The van der Waals surface area contributed by atoms with Crippen molar-refractivity contribution in [1.29, 1.82) is 0 Å². The highest BCUT2D eigenvalue weighted by atomic mass is 19.4. The van der Waals surface area contributed by atoms with Crippen LogP contribution in [0.3, 0.4) is 0 Å². The van der Waals surface area contributed by atoms with Gasteiger partial charge in [0.25, 0.3) is 0 Å². The van der Waals surface area contributed by atoms with Crippen molar-refractivity contribution >= 4 is 5.91 Å². The van der Waals surface area contributed by atoms with Crippen LogP contribution in [-0.2, 0) is 4.79 Å². The van der Waals surface area contributed by atoms with E-state index < -0.39 is 17.9 Å². The maximum absolute atomic E-state index is 13.8. The third kappa shape index (κ3) is 5.17. The number of amides is 1. The number of hydrogen-bond acceptors (Lipinski definition) is 4. The van der Waals surface area contributed by atoms with E-state index >= 15 is 0 Å². The van der Waals surface area contributed by atoms with Gasteiger partial charge in [0.05, 0.1) is 11.5 Å². The first-order valence-corrected chi connectivity index (χ1v) is 11.4. The standard InChI is InChI=1S/C23H31F3N2O3/c24-23(25,26)31-19-9-6-7-17(15-19)20(22(30)10-3-1-4-11-22)21(29)28-14-13-27-12-5-2-8-18(27)16-28/h6-7,9,15,18,20,30H,1-5,8,10-14,16H2/t18?,20-/m0/s1. The van der Waals surface area contributed by atoms with Crippen LogP contribution in [0.5, 0.6) is 5.75 Å². The fraction of sp³-hybridized carbons (Fsp3) is 0.696. The normalized spacial score (nSPS) is 25.5. The fourth-order valence-electron chi connectivity index (χ4n) is 5.57. The van der Waals surface area contributed by atoms with Crippen molar-refractivity contribution in [3.8, 4) is 5.75 Å². The molecule has 0 spiro atoms. The van der Waals surface area contributed by atoms with Gasteiger partial charge in [-0.1, -0.05) is 37.8 Å². The maximum Gasteiger partial charge on any atom is 0.573 e. The summed E-state index contributed by atoms with van der Waals surface area (Å²) < 4.78 is 42.4. The van der Waals surface area contributed by atoms with Gasteiger partial charge in [0.1, 0.15) is 5.75 Å². The van der Waals surface area contributed by atoms with Gasteiger partial charge in [0, 0.05) is 25.7 Å². The van der Waals surface area contributed by atoms with E-state index in [0.29, 0.717) is 37.5 Å². The lowest BCUT2D eigenvalue weighted by Gasteiger charge is -2.47. The van der Waals surface area contributed by atoms with Gasteiger partial charge in [-0.05, 0) is 49.9 Å². The third-order valence-corrected chi connectivity index (χ3v) is 7.08. The van der Waals surface area contributed by atoms with Crippen LogP contribution in [0.1, 0.15) is 62.8 Å². The fourth-order valence-corrected chi connectivity index (χ4v) is 5.57. The average Bonchev–Trinajstić information content (AvgIpc) is 2.73. The van der Waals surface area contributed by atoms with E-state index in [0.717, 1.165) is 45.2 Å². The predicted octanol–water partition coefficient (Wildman–Crippen LogP) is 4.06. The Morgan fingerprint density at radius 2 is 1.87 bits per heavy atom. The summed E-state index contributed by atoms with van der Waals surface area (Å²) in [6.45, 7) is 3.06. The number of fused-ring (bicyclic) bond motifs is 1. The average molecular weight is 441 g/mol. The molecule has 3 aliphatic rings. The van der Waals surface area contributed by atoms with Crippen molar-refractivity contribution < 1.29 is 27.8 Å². The molecule has 1 saturated carbocycles. The highest BCUT2D eigenvalue weighted by Gasteiger charge is 2.46. The third-order valence-electron chi connectivity index (χ3n) is 7.08. The van der Waals surface area contributed by atoms with Gasteiger partial charge in [0.15, 0.2) is 0 Å². The highest BCUT2D eigenvalue weighted by Crippen LogP contribution is 2.42. The minimum atomic E-state index is -4.81. The number of aliphatic hydroxyl groups is 1. The van der Waals surface area contributed by atoms with E-state index in [4.69, 9.17) is 0 Å². The van der Waals surface area contributed by atoms with Gasteiger partial charge in [-0.3, -0.25) is 9.69 Å². The Bertz CT molecular complexity index is 780. The van der Waals surface area contributed by atoms with E-state index in [-0.39, 0.29) is 11.7 Å². The van der Waals surface area contributed by atoms with Crippen LogP contribution in [0.25, 0.3) is 0 Å². The molecule has 1 aromatic carbocycles. The first kappa shape index (κ1) is 22.4. The van der Waals surface area contributed by atoms with Crippen LogP contribution in [0.2, 0.25) is 0 Å². The van der Waals surface area contributed by atoms with Crippen molar-refractivity contribution in [2.45, 2.75) is 75.3 Å². The summed E-state index contributed by atoms with van der Waals surface area (Å²) in [5.74, 6) is -1.43. The SMILES string of the molecule is O=C([C@H](c1cccc(OC(F)(F)F)c1)C1(O)CCCCC1)N1CCN2CCCCC2C1. The zero-order valence-corrected chi connectivity index (χ0v) is 17.7. The van der Waals surface area contributed by atoms with Crippen molar-refractivity contribution in [2.75, 3.05) is 26.2 Å². The van der Waals surface area contributed by atoms with Crippen LogP contribution in [0.15, 0.2) is 24.3 Å². The summed E-state index contributed by atoms with van der Waals surface area (Å²) in [5, 5.41) is 11.5. The van der Waals surface area contributed by atoms with Gasteiger partial charge < -0.3 is 14.7 Å². The summed E-state index contributed by atoms with van der Waals surface area (Å²) in [6, 6.07) is 5.91. The van der Waals surface area contributed by atoms with E-state index in [1.165, 1.54) is 24.6 Å². The monoisotopic (exact) mass is 440 g/mol. The van der Waals surface area contributed by atoms with Crippen LogP contribution >= 0.6 is 0 Å². The minimum absolute atomic E-state index is 0.182. The van der Waals surface area contributed by atoms with Crippen LogP contribution < -0.4 is 4.74 Å². The van der Waals surface area contributed by atoms with E-state index in [9.17, 15) is 23.1 Å². The molecule has 8 heteroatoms. The highest BCUT2D eigenvalue weighted by molar-refractivity contribution is 5.85. The number of carbonyl (C=O) groups excluding carboxylic acids is 1. The summed E-state index contributed by atoms with van der Waals surface area (Å²) in [7, 11) is 0. The lowest BCUT2D eigenvalue weighted by molar-refractivity contribution is -0.274. The molecular formula is C23H31F3N2O3. The van der Waals surface area contributed by atoms with E-state index in [2.05, 4.69) is 9.64 Å². The van der Waals surface area contributed by atoms with Crippen molar-refractivity contribution in [3.63, 3.8) is 0 Å². The zero-order valence-electron chi connectivity index (χ0n) is 17.7. The number of hydrogen-bond donors (Lipinski definition) is 1. The summed E-state index contributed by atoms with van der Waals surface area (Å²) >= 11 is 0. The molecule has 1 unspecified atom stereocenters. The van der Waals surface area contributed by atoms with Crippen LogP contribution in [-0.4, -0.2) is 65.0 Å². The number of carbonyl (C=O) groups is 1. The minimum Gasteiger partial charge on any atom is -0.406 e. The topological polar surface area (TPSA) is 53.0 Å². The molecule has 31 heavy (non-hydrogen) atoms. The Morgan fingerprint density at radius 3 is 2.61 bits per heavy atom. The number of rotatable bonds is 4. The first-order chi connectivity index (χ1) is 14.8. The number of piperidine rings is 1. The number of piperazine rings is 1. The molecular weight excluding hydrogens is 409 g/mol. The van der Waals surface area contributed by atoms with Gasteiger partial charge in [-0.15, -0.1) is 13.2 Å². The molecule has 172 valence electrons. The van der Waals surface area contributed by atoms with Gasteiger partial charge in [-0.2, -0.15) is 0 Å². The second-order valence-electron chi connectivity index (χ2n) is 9.19. The maximum atomic E-state index is 13.8. The summed E-state index contributed by atoms with van der Waals surface area (Å²) in [6.07, 6.45) is 2.09. The molecule has 2 aliphatic heterocycles. The predicted molar refractivity (Wildman–Crippen MR) is 110 cm³/mol. The molecule has 0 aromatic heterocycles. The Morgan fingerprint density at radius 1 is 1.10 bits per heavy atom. The number of ether oxygens (including phenoxy) is 1. The zero-order chi connectivity index (χ0) is 22.1. The number of nitrogens with zero attached hydrogens (tertiary/aromatic N) is 2. The number of halogens is 3. The molecule has 1 amide bonds. The van der Waals surface area contributed by atoms with E-state index in [1.54, 1.807) is 6.07 Å². The number of benzene rings is 1. The molecule has 1 aromatic rings. The Labute approximate surface area is 181 Å². The molecule has 2 atom stereocenters. The molecule has 0 radical (unpaired) electrons. The summed E-state index contributed by atoms with van der Waals surface area (Å²) in [5.41, 5.74) is -0.863. The molecule has 5 nitrogen and oxygen atoms in total. The molecule has 1 N–H and O–H groups in total. The van der Waals surface area contributed by atoms with Crippen molar-refractivity contribution in [1.82, 2.24) is 9.80 Å². The van der Waals surface area contributed by atoms with Crippen molar-refractivity contribution in [3.05, 3.63) is 29.8 Å². The largest absolute Gasteiger partial charge is 0.573 e. The Kier molecular flexibility index (Phi) is 6.49. The lowest BCUT2D eigenvalue weighted by Crippen LogP contribution is -2.58. The molecule has 0 bridgehead atoms. The Hall–Kier alpha value is -1.80. The molecule has 2 saturated heterocycles. The molecule has 1 aliphatic carbocycles. The van der Waals surface area contributed by atoms with E-state index in [1.807, 2.05) is 4.90 Å². The smallest absolute Gasteiger partial charge is 0.406 e. The van der Waals surface area contributed by atoms with Gasteiger partial charge in [-0.25, -0.2) is 0 Å². The van der Waals surface area contributed by atoms with Crippen LogP contribution in [0, 0.1) is 0 Å². The lowest BCUT2D eigenvalue weighted by atomic mass is 9.72. The molecule has 4 rings (SSSR count). The second-order valence-corrected chi connectivity index (χ2v) is 9.19.